The largest absolute Gasteiger partial charge is 0.481 e. The van der Waals surface area contributed by atoms with Crippen LogP contribution in [0.25, 0.3) is 0 Å². The maximum atomic E-state index is 13.0. The SMILES string of the molecule is Cc1ccc(C)c(C(=O)N2C[C@@H]3CN(C(=O)C4CCC4)C[C@]3(C(=O)O)C2)c1. The molecule has 2 saturated heterocycles. The van der Waals surface area contributed by atoms with Crippen LogP contribution in [0.5, 0.6) is 0 Å². The average Bonchev–Trinajstić information content (AvgIpc) is 3.10. The lowest BCUT2D eigenvalue weighted by atomic mass is 9.81. The highest BCUT2D eigenvalue weighted by Crippen LogP contribution is 2.44. The number of nitrogens with zero attached hydrogens (tertiary/aromatic N) is 2. The highest BCUT2D eigenvalue weighted by Gasteiger charge is 2.59. The normalized spacial score (nSPS) is 27.4. The summed E-state index contributed by atoms with van der Waals surface area (Å²) in [6.45, 7) is 5.07. The number of hydrogen-bond acceptors (Lipinski definition) is 3. The zero-order valence-corrected chi connectivity index (χ0v) is 15.9. The van der Waals surface area contributed by atoms with Crippen LogP contribution in [-0.4, -0.2) is 58.9 Å². The van der Waals surface area contributed by atoms with E-state index in [1.165, 1.54) is 0 Å². The first kappa shape index (κ1) is 18.0. The molecule has 1 aromatic rings. The standard InChI is InChI=1S/C21H26N2O4/c1-13-6-7-14(2)17(8-13)19(25)23-10-16-9-22(18(24)15-4-3-5-15)11-21(16,12-23)20(26)27/h6-8,15-16H,3-5,9-12H2,1-2H3,(H,26,27)/t16-,21-/m0/s1. The van der Waals surface area contributed by atoms with E-state index in [-0.39, 0.29) is 36.7 Å². The van der Waals surface area contributed by atoms with Gasteiger partial charge in [0, 0.05) is 43.6 Å². The Hall–Kier alpha value is -2.37. The van der Waals surface area contributed by atoms with Crippen LogP contribution in [-0.2, 0) is 9.59 Å². The Balaban J connectivity index is 1.54. The van der Waals surface area contributed by atoms with Gasteiger partial charge in [0.2, 0.25) is 5.91 Å². The number of rotatable bonds is 3. The van der Waals surface area contributed by atoms with Gasteiger partial charge in [0.25, 0.3) is 5.91 Å². The van der Waals surface area contributed by atoms with Crippen molar-refractivity contribution in [1.29, 1.82) is 0 Å². The number of hydrogen-bond donors (Lipinski definition) is 1. The quantitative estimate of drug-likeness (QED) is 0.884. The monoisotopic (exact) mass is 370 g/mol. The number of carbonyl (C=O) groups is 3. The van der Waals surface area contributed by atoms with Gasteiger partial charge in [0.1, 0.15) is 5.41 Å². The molecule has 1 aliphatic carbocycles. The maximum Gasteiger partial charge on any atom is 0.313 e. The number of amides is 2. The molecule has 6 heteroatoms. The molecule has 2 atom stereocenters. The summed E-state index contributed by atoms with van der Waals surface area (Å²) in [5.41, 5.74) is 1.51. The summed E-state index contributed by atoms with van der Waals surface area (Å²) in [5.74, 6) is -1.03. The highest BCUT2D eigenvalue weighted by atomic mass is 16.4. The number of likely N-dealkylation sites (tertiary alicyclic amines) is 2. The molecular formula is C21H26N2O4. The first-order valence-corrected chi connectivity index (χ1v) is 9.70. The Morgan fingerprint density at radius 3 is 2.33 bits per heavy atom. The van der Waals surface area contributed by atoms with Crippen molar-refractivity contribution in [3.8, 4) is 0 Å². The van der Waals surface area contributed by atoms with E-state index in [0.29, 0.717) is 18.7 Å². The van der Waals surface area contributed by atoms with Crippen LogP contribution in [0.4, 0.5) is 0 Å². The van der Waals surface area contributed by atoms with Crippen molar-refractivity contribution in [3.63, 3.8) is 0 Å². The van der Waals surface area contributed by atoms with Crippen LogP contribution >= 0.6 is 0 Å². The fourth-order valence-electron chi connectivity index (χ4n) is 4.74. The van der Waals surface area contributed by atoms with Crippen molar-refractivity contribution >= 4 is 17.8 Å². The Labute approximate surface area is 159 Å². The van der Waals surface area contributed by atoms with Gasteiger partial charge in [-0.3, -0.25) is 14.4 Å². The molecule has 2 amide bonds. The molecule has 4 rings (SSSR count). The van der Waals surface area contributed by atoms with Gasteiger partial charge in [-0.25, -0.2) is 0 Å². The summed E-state index contributed by atoms with van der Waals surface area (Å²) < 4.78 is 0. The molecule has 0 bridgehead atoms. The molecule has 0 unspecified atom stereocenters. The van der Waals surface area contributed by atoms with Crippen molar-refractivity contribution in [1.82, 2.24) is 9.80 Å². The number of carboxylic acids is 1. The lowest BCUT2D eigenvalue weighted by Gasteiger charge is -2.31. The molecule has 1 aromatic carbocycles. The summed E-state index contributed by atoms with van der Waals surface area (Å²) in [7, 11) is 0. The third-order valence-corrected chi connectivity index (χ3v) is 6.71. The molecule has 2 aliphatic heterocycles. The molecule has 6 nitrogen and oxygen atoms in total. The van der Waals surface area contributed by atoms with Gasteiger partial charge >= 0.3 is 5.97 Å². The molecule has 0 aromatic heterocycles. The fraction of sp³-hybridized carbons (Fsp3) is 0.571. The molecule has 27 heavy (non-hydrogen) atoms. The molecule has 1 N–H and O–H groups in total. The fourth-order valence-corrected chi connectivity index (χ4v) is 4.74. The van der Waals surface area contributed by atoms with Crippen LogP contribution in [0.1, 0.15) is 40.7 Å². The lowest BCUT2D eigenvalue weighted by molar-refractivity contribution is -0.149. The second-order valence-corrected chi connectivity index (χ2v) is 8.51. The third-order valence-electron chi connectivity index (χ3n) is 6.71. The van der Waals surface area contributed by atoms with E-state index in [4.69, 9.17) is 0 Å². The predicted molar refractivity (Wildman–Crippen MR) is 99.3 cm³/mol. The van der Waals surface area contributed by atoms with E-state index in [9.17, 15) is 19.5 Å². The lowest BCUT2D eigenvalue weighted by Crippen LogP contribution is -2.45. The number of carboxylic acid groups (broad SMARTS) is 1. The third kappa shape index (κ3) is 2.82. The van der Waals surface area contributed by atoms with Crippen LogP contribution < -0.4 is 0 Å². The molecule has 3 aliphatic rings. The topological polar surface area (TPSA) is 77.9 Å². The van der Waals surface area contributed by atoms with Gasteiger partial charge in [-0.2, -0.15) is 0 Å². The Bertz CT molecular complexity index is 816. The highest BCUT2D eigenvalue weighted by molar-refractivity contribution is 5.97. The van der Waals surface area contributed by atoms with Gasteiger partial charge < -0.3 is 14.9 Å². The van der Waals surface area contributed by atoms with E-state index in [1.807, 2.05) is 32.0 Å². The number of aliphatic carboxylic acids is 1. The zero-order chi connectivity index (χ0) is 19.3. The minimum Gasteiger partial charge on any atom is -0.481 e. The Kier molecular flexibility index (Phi) is 4.24. The molecule has 2 heterocycles. The van der Waals surface area contributed by atoms with Crippen LogP contribution in [0.3, 0.4) is 0 Å². The summed E-state index contributed by atoms with van der Waals surface area (Å²) in [4.78, 5) is 41.2. The zero-order valence-electron chi connectivity index (χ0n) is 15.9. The summed E-state index contributed by atoms with van der Waals surface area (Å²) >= 11 is 0. The predicted octanol–water partition coefficient (Wildman–Crippen LogP) is 2.09. The minimum absolute atomic E-state index is 0.0716. The van der Waals surface area contributed by atoms with Crippen molar-refractivity contribution < 1.29 is 19.5 Å². The minimum atomic E-state index is -1.03. The molecule has 3 fully saturated rings. The summed E-state index contributed by atoms with van der Waals surface area (Å²) in [5, 5.41) is 9.98. The Morgan fingerprint density at radius 1 is 1.07 bits per heavy atom. The smallest absolute Gasteiger partial charge is 0.313 e. The van der Waals surface area contributed by atoms with Gasteiger partial charge in [-0.15, -0.1) is 0 Å². The van der Waals surface area contributed by atoms with Gasteiger partial charge in [-0.05, 0) is 38.3 Å². The number of benzene rings is 1. The van der Waals surface area contributed by atoms with Crippen molar-refractivity contribution in [2.45, 2.75) is 33.1 Å². The first-order chi connectivity index (χ1) is 12.8. The van der Waals surface area contributed by atoms with Crippen LogP contribution in [0.15, 0.2) is 18.2 Å². The van der Waals surface area contributed by atoms with E-state index < -0.39 is 11.4 Å². The van der Waals surface area contributed by atoms with Crippen molar-refractivity contribution in [3.05, 3.63) is 34.9 Å². The second kappa shape index (κ2) is 6.36. The molecule has 144 valence electrons. The molecule has 0 radical (unpaired) electrons. The Morgan fingerprint density at radius 2 is 1.74 bits per heavy atom. The number of fused-ring (bicyclic) bond motifs is 1. The second-order valence-electron chi connectivity index (χ2n) is 8.51. The van der Waals surface area contributed by atoms with Gasteiger partial charge in [0.05, 0.1) is 0 Å². The van der Waals surface area contributed by atoms with Crippen molar-refractivity contribution in [2.75, 3.05) is 26.2 Å². The molecule has 1 saturated carbocycles. The number of aryl methyl sites for hydroxylation is 2. The first-order valence-electron chi connectivity index (χ1n) is 9.70. The van der Waals surface area contributed by atoms with E-state index >= 15 is 0 Å². The van der Waals surface area contributed by atoms with E-state index in [2.05, 4.69) is 0 Å². The number of carbonyl (C=O) groups excluding carboxylic acids is 2. The van der Waals surface area contributed by atoms with Gasteiger partial charge in [-0.1, -0.05) is 24.1 Å². The van der Waals surface area contributed by atoms with E-state index in [1.54, 1.807) is 9.80 Å². The van der Waals surface area contributed by atoms with Crippen LogP contribution in [0, 0.1) is 31.1 Å². The van der Waals surface area contributed by atoms with Crippen LogP contribution in [0.2, 0.25) is 0 Å². The molecular weight excluding hydrogens is 344 g/mol. The maximum absolute atomic E-state index is 13.0. The van der Waals surface area contributed by atoms with Gasteiger partial charge in [0.15, 0.2) is 0 Å². The average molecular weight is 370 g/mol. The summed E-state index contributed by atoms with van der Waals surface area (Å²) in [6.07, 6.45) is 2.91. The van der Waals surface area contributed by atoms with E-state index in [0.717, 1.165) is 30.4 Å². The van der Waals surface area contributed by atoms with Crippen molar-refractivity contribution in [2.24, 2.45) is 17.3 Å². The summed E-state index contributed by atoms with van der Waals surface area (Å²) in [6, 6.07) is 5.75. The molecule has 0 spiro atoms.